The zero-order valence-electron chi connectivity index (χ0n) is 17.1. The average molecular weight is 446 g/mol. The molecule has 0 amide bonds. The number of halogens is 1. The number of aryl methyl sites for hydroxylation is 2. The quantitative estimate of drug-likeness (QED) is 0.406. The van der Waals surface area contributed by atoms with Crippen LogP contribution in [0.15, 0.2) is 72.6 Å². The second kappa shape index (κ2) is 10.6. The maximum atomic E-state index is 10.3. The second-order valence-electron chi connectivity index (χ2n) is 7.31. The topological polar surface area (TPSA) is 116 Å². The van der Waals surface area contributed by atoms with Gasteiger partial charge in [-0.25, -0.2) is 0 Å². The Balaban J connectivity index is 0.000000491. The van der Waals surface area contributed by atoms with E-state index in [1.54, 1.807) is 6.08 Å². The summed E-state index contributed by atoms with van der Waals surface area (Å²) < 4.78 is 34.9. The van der Waals surface area contributed by atoms with Crippen LogP contribution in [-0.4, -0.2) is 33.6 Å². The van der Waals surface area contributed by atoms with Gasteiger partial charge in [0.15, 0.2) is 5.76 Å². The number of aliphatic hydroxyl groups is 1. The van der Waals surface area contributed by atoms with Gasteiger partial charge in [0.2, 0.25) is 11.9 Å². The summed E-state index contributed by atoms with van der Waals surface area (Å²) >= 11 is 0. The molecular weight excluding hydrogens is 420 g/mol. The lowest BCUT2D eigenvalue weighted by Crippen LogP contribution is -2.58. The Bertz CT molecular complexity index is 976. The predicted molar refractivity (Wildman–Crippen MR) is 110 cm³/mol. The van der Waals surface area contributed by atoms with E-state index < -0.39 is 10.2 Å². The molecule has 0 radical (unpaired) electrons. The number of hydrogen-bond acceptors (Lipinski definition) is 6. The number of fused-ring (bicyclic) bond motifs is 2. The highest BCUT2D eigenvalue weighted by molar-refractivity contribution is 5.73. The van der Waals surface area contributed by atoms with Crippen LogP contribution < -0.4 is 18.9 Å². The molecule has 0 saturated heterocycles. The van der Waals surface area contributed by atoms with Crippen molar-refractivity contribution in [2.24, 2.45) is 0 Å². The molecule has 164 valence electrons. The van der Waals surface area contributed by atoms with E-state index in [9.17, 15) is 5.11 Å². The fourth-order valence-corrected chi connectivity index (χ4v) is 3.86. The Labute approximate surface area is 183 Å². The van der Waals surface area contributed by atoms with Crippen LogP contribution in [0.5, 0.6) is 0 Å². The Hall–Kier alpha value is -2.68. The molecule has 0 bridgehead atoms. The highest BCUT2D eigenvalue weighted by Gasteiger charge is 2.20. The Morgan fingerprint density at radius 2 is 1.61 bits per heavy atom. The van der Waals surface area contributed by atoms with Gasteiger partial charge in [-0.3, -0.25) is 0 Å². The van der Waals surface area contributed by atoms with Gasteiger partial charge in [-0.1, -0.05) is 36.4 Å². The number of anilines is 1. The summed E-state index contributed by atoms with van der Waals surface area (Å²) in [4.78, 5) is 2.26. The maximum absolute atomic E-state index is 10.3. The minimum atomic E-state index is -4.69. The van der Waals surface area contributed by atoms with Gasteiger partial charge in [0.1, 0.15) is 6.54 Å². The van der Waals surface area contributed by atoms with Gasteiger partial charge >= 0.3 is 0 Å². The van der Waals surface area contributed by atoms with Crippen molar-refractivity contribution in [1.82, 2.24) is 0 Å². The molecular formula is C23H26ClN2O5+. The van der Waals surface area contributed by atoms with E-state index in [-0.39, 0.29) is 5.76 Å². The fraction of sp³-hybridized carbons (Fsp3) is 0.261. The fourth-order valence-electron chi connectivity index (χ4n) is 3.86. The van der Waals surface area contributed by atoms with Crippen molar-refractivity contribution in [1.29, 1.82) is 0 Å². The van der Waals surface area contributed by atoms with E-state index in [1.165, 1.54) is 22.5 Å². The van der Waals surface area contributed by atoms with Crippen molar-refractivity contribution in [3.8, 4) is 0 Å². The largest absolute Gasteiger partial charge is 0.503 e. The van der Waals surface area contributed by atoms with Crippen molar-refractivity contribution in [2.45, 2.75) is 25.7 Å². The number of rotatable bonds is 3. The summed E-state index contributed by atoms with van der Waals surface area (Å²) in [5.41, 5.74) is 5.22. The molecule has 0 aromatic heterocycles. The summed E-state index contributed by atoms with van der Waals surface area (Å²) in [5.74, 6) is 0.281. The van der Waals surface area contributed by atoms with Crippen molar-refractivity contribution in [2.75, 3.05) is 18.0 Å². The number of hydrogen-bond donors (Lipinski definition) is 2. The Kier molecular flexibility index (Phi) is 7.84. The third-order valence-corrected chi connectivity index (χ3v) is 5.11. The van der Waals surface area contributed by atoms with Gasteiger partial charge in [0.25, 0.3) is 0 Å². The number of aliphatic hydroxyl groups excluding tert-OH is 1. The van der Waals surface area contributed by atoms with Crippen LogP contribution in [-0.2, 0) is 12.8 Å². The summed E-state index contributed by atoms with van der Waals surface area (Å²) in [6, 6.07) is 17.0. The standard InChI is InChI=1S/C23H24N2O.ClHO4/c26-21(18-25-17-6-11-20-9-2-4-14-23(20)25)12-7-16-24-15-5-10-19-8-1-3-13-22(19)24;2-1(3,4)5/h1-4,7-9,12-14,16,18H,5-6,10-11,15,17H2;(H,2,3,4,5)/p+1. The van der Waals surface area contributed by atoms with Crippen molar-refractivity contribution < 1.29 is 38.6 Å². The van der Waals surface area contributed by atoms with Crippen LogP contribution in [0.25, 0.3) is 0 Å². The SMILES string of the molecule is O/C(C=[N+]1CCCc2ccccc21)=C\C=C/N1CCCc2ccccc21.[O-][Cl+3]([O-])([O-])O. The molecule has 0 atom stereocenters. The third-order valence-electron chi connectivity index (χ3n) is 5.11. The lowest BCUT2D eigenvalue weighted by atomic mass is 10.0. The van der Waals surface area contributed by atoms with Crippen LogP contribution >= 0.6 is 0 Å². The molecule has 2 N–H and O–H groups in total. The molecule has 31 heavy (non-hydrogen) atoms. The summed E-state index contributed by atoms with van der Waals surface area (Å²) in [6.45, 7) is 1.96. The van der Waals surface area contributed by atoms with Gasteiger partial charge in [0.05, 0.1) is 14.9 Å². The van der Waals surface area contributed by atoms with Gasteiger partial charge in [-0.15, -0.1) is 0 Å². The monoisotopic (exact) mass is 445 g/mol. The number of para-hydroxylation sites is 2. The first kappa shape index (κ1) is 23.0. The molecule has 4 rings (SSSR count). The van der Waals surface area contributed by atoms with Gasteiger partial charge in [0, 0.05) is 36.5 Å². The zero-order valence-corrected chi connectivity index (χ0v) is 17.8. The molecule has 7 nitrogen and oxygen atoms in total. The van der Waals surface area contributed by atoms with Crippen LogP contribution in [0.1, 0.15) is 24.0 Å². The van der Waals surface area contributed by atoms with Crippen LogP contribution in [0, 0.1) is 10.2 Å². The van der Waals surface area contributed by atoms with E-state index in [2.05, 4.69) is 64.2 Å². The molecule has 2 aliphatic rings. The average Bonchev–Trinajstić information content (AvgIpc) is 2.73. The number of allylic oxidation sites excluding steroid dienone is 3. The first-order valence-electron chi connectivity index (χ1n) is 10.1. The van der Waals surface area contributed by atoms with Gasteiger partial charge < -0.3 is 10.0 Å². The van der Waals surface area contributed by atoms with Crippen LogP contribution in [0.2, 0.25) is 0 Å². The van der Waals surface area contributed by atoms with E-state index >= 15 is 0 Å². The molecule has 0 saturated carbocycles. The predicted octanol–water partition coefficient (Wildman–Crippen LogP) is 0.632. The van der Waals surface area contributed by atoms with Crippen molar-refractivity contribution in [3.05, 3.63) is 83.8 Å². The molecule has 2 aliphatic heterocycles. The van der Waals surface area contributed by atoms with Crippen molar-refractivity contribution >= 4 is 17.6 Å². The van der Waals surface area contributed by atoms with Crippen molar-refractivity contribution in [3.63, 3.8) is 0 Å². The van der Waals surface area contributed by atoms with Gasteiger partial charge in [-0.05, 0) is 43.0 Å². The highest BCUT2D eigenvalue weighted by Crippen LogP contribution is 2.27. The first-order chi connectivity index (χ1) is 14.8. The molecule has 2 heterocycles. The Morgan fingerprint density at radius 1 is 0.968 bits per heavy atom. The highest BCUT2D eigenvalue weighted by atomic mass is 35.7. The summed E-state index contributed by atoms with van der Waals surface area (Å²) in [5, 5.41) is 10.3. The molecule has 8 heteroatoms. The normalized spacial score (nSPS) is 17.7. The lowest BCUT2D eigenvalue weighted by Gasteiger charge is -2.27. The Morgan fingerprint density at radius 3 is 2.39 bits per heavy atom. The maximum Gasteiger partial charge on any atom is 0.211 e. The van der Waals surface area contributed by atoms with Crippen LogP contribution in [0.3, 0.4) is 0 Å². The molecule has 2 aromatic carbocycles. The van der Waals surface area contributed by atoms with Crippen LogP contribution in [0.4, 0.5) is 11.4 Å². The lowest BCUT2D eigenvalue weighted by molar-refractivity contribution is -1.92. The minimum absolute atomic E-state index is 0.281. The summed E-state index contributed by atoms with van der Waals surface area (Å²) in [6.07, 6.45) is 12.1. The first-order valence-corrected chi connectivity index (χ1v) is 11.3. The molecule has 0 aliphatic carbocycles. The molecule has 0 spiro atoms. The molecule has 0 fully saturated rings. The molecule has 0 unspecified atom stereocenters. The second-order valence-corrected chi connectivity index (χ2v) is 8.10. The minimum Gasteiger partial charge on any atom is -0.503 e. The zero-order chi connectivity index (χ0) is 22.3. The van der Waals surface area contributed by atoms with E-state index in [0.717, 1.165) is 38.8 Å². The molecule has 2 aromatic rings. The smallest absolute Gasteiger partial charge is 0.211 e. The number of benzene rings is 2. The van der Waals surface area contributed by atoms with E-state index in [4.69, 9.17) is 18.6 Å². The van der Waals surface area contributed by atoms with Gasteiger partial charge in [-0.2, -0.15) is 18.6 Å². The summed E-state index contributed by atoms with van der Waals surface area (Å²) in [7, 11) is -4.69. The van der Waals surface area contributed by atoms with E-state index in [1.807, 2.05) is 12.3 Å². The third kappa shape index (κ3) is 7.20. The van der Waals surface area contributed by atoms with E-state index in [0.29, 0.717) is 0 Å². The number of nitrogens with zero attached hydrogens (tertiary/aromatic N) is 2.